The van der Waals surface area contributed by atoms with E-state index in [9.17, 15) is 0 Å². The minimum absolute atomic E-state index is 0.777. The first-order valence-electron chi connectivity index (χ1n) is 9.73. The van der Waals surface area contributed by atoms with E-state index in [0.717, 1.165) is 12.0 Å². The predicted octanol–water partition coefficient (Wildman–Crippen LogP) is 4.89. The van der Waals surface area contributed by atoms with Crippen molar-refractivity contribution in [1.29, 1.82) is 0 Å². The summed E-state index contributed by atoms with van der Waals surface area (Å²) >= 11 is 0. The Kier molecular flexibility index (Phi) is 4.99. The molecule has 0 aromatic heterocycles. The molecule has 1 nitrogen and oxygen atoms in total. The molecule has 1 aliphatic carbocycles. The second kappa shape index (κ2) is 7.53. The third-order valence-corrected chi connectivity index (χ3v) is 6.00. The van der Waals surface area contributed by atoms with Crippen LogP contribution in [0.1, 0.15) is 42.4 Å². The summed E-state index contributed by atoms with van der Waals surface area (Å²) in [6.07, 6.45) is 9.27. The first-order valence-corrected chi connectivity index (χ1v) is 9.73. The lowest BCUT2D eigenvalue weighted by Crippen LogP contribution is -2.46. The molecular formula is C23H29N. The molecule has 1 fully saturated rings. The van der Waals surface area contributed by atoms with Gasteiger partial charge in [0, 0.05) is 12.6 Å². The highest BCUT2D eigenvalue weighted by Gasteiger charge is 2.31. The first-order chi connectivity index (χ1) is 11.9. The SMILES string of the molecule is c1ccc(CCCCN2C[C@@H]3CC[C@@H]2Cc2ccccc2C3)cc1. The maximum absolute atomic E-state index is 2.81. The van der Waals surface area contributed by atoms with Crippen LogP contribution in [0.15, 0.2) is 54.6 Å². The highest BCUT2D eigenvalue weighted by atomic mass is 15.2. The molecule has 2 aromatic carbocycles. The molecule has 24 heavy (non-hydrogen) atoms. The maximum Gasteiger partial charge on any atom is 0.0136 e. The lowest BCUT2D eigenvalue weighted by atomic mass is 9.80. The summed E-state index contributed by atoms with van der Waals surface area (Å²) < 4.78 is 0. The van der Waals surface area contributed by atoms with Crippen LogP contribution in [0.3, 0.4) is 0 Å². The number of hydrogen-bond donors (Lipinski definition) is 0. The highest BCUT2D eigenvalue weighted by Crippen LogP contribution is 2.32. The third-order valence-electron chi connectivity index (χ3n) is 6.00. The van der Waals surface area contributed by atoms with Gasteiger partial charge in [0.25, 0.3) is 0 Å². The van der Waals surface area contributed by atoms with E-state index in [4.69, 9.17) is 0 Å². The van der Waals surface area contributed by atoms with Crippen molar-refractivity contribution in [1.82, 2.24) is 4.90 Å². The molecule has 126 valence electrons. The minimum Gasteiger partial charge on any atom is -0.300 e. The summed E-state index contributed by atoms with van der Waals surface area (Å²) in [5, 5.41) is 0. The molecule has 2 atom stereocenters. The Morgan fingerprint density at radius 3 is 2.38 bits per heavy atom. The molecule has 2 aliphatic heterocycles. The summed E-state index contributed by atoms with van der Waals surface area (Å²) in [7, 11) is 0. The van der Waals surface area contributed by atoms with Crippen LogP contribution in [0.2, 0.25) is 0 Å². The van der Waals surface area contributed by atoms with Crippen LogP contribution in [0.5, 0.6) is 0 Å². The average Bonchev–Trinajstić information content (AvgIpc) is 2.60. The topological polar surface area (TPSA) is 3.24 Å². The third kappa shape index (κ3) is 3.72. The van der Waals surface area contributed by atoms with Gasteiger partial charge in [-0.15, -0.1) is 0 Å². The van der Waals surface area contributed by atoms with Crippen LogP contribution >= 0.6 is 0 Å². The average molecular weight is 319 g/mol. The molecule has 2 bridgehead atoms. The number of piperidine rings is 1. The van der Waals surface area contributed by atoms with Gasteiger partial charge in [-0.05, 0) is 74.1 Å². The smallest absolute Gasteiger partial charge is 0.0136 e. The van der Waals surface area contributed by atoms with Crippen LogP contribution < -0.4 is 0 Å². The van der Waals surface area contributed by atoms with E-state index in [2.05, 4.69) is 59.5 Å². The fraction of sp³-hybridized carbons (Fsp3) is 0.478. The van der Waals surface area contributed by atoms with Crippen molar-refractivity contribution < 1.29 is 0 Å². The van der Waals surface area contributed by atoms with Crippen LogP contribution in [0, 0.1) is 5.92 Å². The molecular weight excluding hydrogens is 290 g/mol. The van der Waals surface area contributed by atoms with Crippen molar-refractivity contribution in [3.8, 4) is 0 Å². The Hall–Kier alpha value is -1.60. The minimum atomic E-state index is 0.777. The quantitative estimate of drug-likeness (QED) is 0.709. The fourth-order valence-electron chi connectivity index (χ4n) is 4.66. The molecule has 2 aromatic rings. The monoisotopic (exact) mass is 319 g/mol. The van der Waals surface area contributed by atoms with Gasteiger partial charge in [-0.1, -0.05) is 54.6 Å². The van der Waals surface area contributed by atoms with E-state index in [-0.39, 0.29) is 0 Å². The van der Waals surface area contributed by atoms with E-state index in [1.807, 2.05) is 0 Å². The van der Waals surface area contributed by atoms with Crippen LogP contribution in [-0.2, 0) is 19.3 Å². The molecule has 0 N–H and O–H groups in total. The molecule has 2 heterocycles. The van der Waals surface area contributed by atoms with Crippen LogP contribution in [-0.4, -0.2) is 24.0 Å². The van der Waals surface area contributed by atoms with Gasteiger partial charge in [-0.3, -0.25) is 4.90 Å². The van der Waals surface area contributed by atoms with Crippen molar-refractivity contribution in [2.24, 2.45) is 5.92 Å². The normalized spacial score (nSPS) is 23.5. The van der Waals surface area contributed by atoms with E-state index in [1.54, 1.807) is 11.1 Å². The Morgan fingerprint density at radius 1 is 0.792 bits per heavy atom. The van der Waals surface area contributed by atoms with Gasteiger partial charge in [-0.2, -0.15) is 0 Å². The Bertz CT molecular complexity index is 648. The van der Waals surface area contributed by atoms with Gasteiger partial charge in [0.05, 0.1) is 0 Å². The summed E-state index contributed by atoms with van der Waals surface area (Å²) in [4.78, 5) is 2.81. The number of rotatable bonds is 5. The molecule has 0 spiro atoms. The van der Waals surface area contributed by atoms with Crippen molar-refractivity contribution in [3.63, 3.8) is 0 Å². The molecule has 1 heteroatoms. The van der Waals surface area contributed by atoms with Gasteiger partial charge in [0.15, 0.2) is 0 Å². The number of fused-ring (bicyclic) bond motifs is 2. The second-order valence-electron chi connectivity index (χ2n) is 7.71. The molecule has 1 saturated heterocycles. The number of unbranched alkanes of at least 4 members (excludes halogenated alkanes) is 1. The molecule has 0 radical (unpaired) electrons. The largest absolute Gasteiger partial charge is 0.300 e. The van der Waals surface area contributed by atoms with Gasteiger partial charge in [0.1, 0.15) is 0 Å². The summed E-state index contributed by atoms with van der Waals surface area (Å²) in [5.41, 5.74) is 4.72. The number of aryl methyl sites for hydroxylation is 1. The van der Waals surface area contributed by atoms with E-state index in [0.29, 0.717) is 0 Å². The zero-order chi connectivity index (χ0) is 16.2. The van der Waals surface area contributed by atoms with Crippen molar-refractivity contribution in [2.45, 2.75) is 51.0 Å². The van der Waals surface area contributed by atoms with Gasteiger partial charge >= 0.3 is 0 Å². The summed E-state index contributed by atoms with van der Waals surface area (Å²) in [5.74, 6) is 0.872. The number of benzene rings is 2. The molecule has 0 unspecified atom stereocenters. The molecule has 3 aliphatic rings. The number of nitrogens with zero attached hydrogens (tertiary/aromatic N) is 1. The van der Waals surface area contributed by atoms with Crippen molar-refractivity contribution >= 4 is 0 Å². The van der Waals surface area contributed by atoms with Gasteiger partial charge in [0.2, 0.25) is 0 Å². The van der Waals surface area contributed by atoms with Crippen molar-refractivity contribution in [3.05, 3.63) is 71.3 Å². The van der Waals surface area contributed by atoms with Crippen molar-refractivity contribution in [2.75, 3.05) is 13.1 Å². The summed E-state index contributed by atoms with van der Waals surface area (Å²) in [6.45, 7) is 2.61. The molecule has 0 amide bonds. The predicted molar refractivity (Wildman–Crippen MR) is 101 cm³/mol. The van der Waals surface area contributed by atoms with E-state index >= 15 is 0 Å². The van der Waals surface area contributed by atoms with Crippen LogP contribution in [0.25, 0.3) is 0 Å². The van der Waals surface area contributed by atoms with E-state index < -0.39 is 0 Å². The zero-order valence-electron chi connectivity index (χ0n) is 14.7. The second-order valence-corrected chi connectivity index (χ2v) is 7.71. The van der Waals surface area contributed by atoms with Gasteiger partial charge in [-0.25, -0.2) is 0 Å². The first kappa shape index (κ1) is 15.9. The lowest BCUT2D eigenvalue weighted by Gasteiger charge is -2.42. The lowest BCUT2D eigenvalue weighted by molar-refractivity contribution is 0.0993. The molecule has 5 rings (SSSR count). The van der Waals surface area contributed by atoms with Gasteiger partial charge < -0.3 is 0 Å². The number of hydrogen-bond acceptors (Lipinski definition) is 1. The Labute approximate surface area is 146 Å². The maximum atomic E-state index is 2.81. The molecule has 0 saturated carbocycles. The van der Waals surface area contributed by atoms with Crippen LogP contribution in [0.4, 0.5) is 0 Å². The highest BCUT2D eigenvalue weighted by molar-refractivity contribution is 5.29. The zero-order valence-corrected chi connectivity index (χ0v) is 14.7. The Balaban J connectivity index is 1.33. The standard InChI is InChI=1S/C23H29N/c1-2-8-19(9-3-1)10-6-7-15-24-18-20-13-14-23(24)17-22-12-5-4-11-21(22)16-20/h1-5,8-9,11-12,20,23H,6-7,10,13-18H2/t20-,23-/m1/s1. The van der Waals surface area contributed by atoms with E-state index in [1.165, 1.54) is 63.6 Å². The summed E-state index contributed by atoms with van der Waals surface area (Å²) in [6, 6.07) is 20.9. The Morgan fingerprint density at radius 2 is 1.54 bits per heavy atom. The fourth-order valence-corrected chi connectivity index (χ4v) is 4.66.